The van der Waals surface area contributed by atoms with Crippen molar-refractivity contribution in [2.45, 2.75) is 99.3 Å². The Bertz CT molecular complexity index is 1010. The molecule has 0 aliphatic carbocycles. The lowest BCUT2D eigenvalue weighted by molar-refractivity contribution is -0.185. The summed E-state index contributed by atoms with van der Waals surface area (Å²) in [5.41, 5.74) is -1.78. The smallest absolute Gasteiger partial charge is 0.477 e. The Morgan fingerprint density at radius 1 is 0.829 bits per heavy atom. The summed E-state index contributed by atoms with van der Waals surface area (Å²) < 4.78 is 26.4. The summed E-state index contributed by atoms with van der Waals surface area (Å²) in [6, 6.07) is 3.86. The molecule has 0 saturated heterocycles. The number of carbonyl (C=O) groups excluding carboxylic acids is 3. The van der Waals surface area contributed by atoms with Gasteiger partial charge in [0.25, 0.3) is 5.72 Å². The molecule has 11 heteroatoms. The van der Waals surface area contributed by atoms with E-state index in [0.29, 0.717) is 36.7 Å². The zero-order valence-corrected chi connectivity index (χ0v) is 25.6. The molecule has 2 N–H and O–H groups in total. The molecule has 2 atom stereocenters. The third kappa shape index (κ3) is 13.7. The summed E-state index contributed by atoms with van der Waals surface area (Å²) in [5, 5.41) is 13.2. The third-order valence-electron chi connectivity index (χ3n) is 5.98. The Hall–Kier alpha value is -3.34. The van der Waals surface area contributed by atoms with E-state index in [0.717, 1.165) is 0 Å². The molecule has 1 aromatic rings. The molecule has 11 nitrogen and oxygen atoms in total. The summed E-state index contributed by atoms with van der Waals surface area (Å²) >= 11 is 0. The molecule has 41 heavy (non-hydrogen) atoms. The Morgan fingerprint density at radius 3 is 1.83 bits per heavy atom. The van der Waals surface area contributed by atoms with Crippen LogP contribution in [-0.4, -0.2) is 54.3 Å². The molecule has 0 radical (unpaired) electrons. The van der Waals surface area contributed by atoms with Crippen LogP contribution in [0.4, 0.5) is 9.59 Å². The molecule has 0 saturated carbocycles. The number of carboxylic acids is 1. The topological polar surface area (TPSA) is 147 Å². The van der Waals surface area contributed by atoms with Gasteiger partial charge in [-0.2, -0.15) is 0 Å². The van der Waals surface area contributed by atoms with Gasteiger partial charge in [-0.15, -0.1) is 0 Å². The molecule has 1 unspecified atom stereocenters. The number of rotatable bonds is 17. The zero-order valence-electron chi connectivity index (χ0n) is 25.6. The molecule has 0 heterocycles. The Balaban J connectivity index is 3.36. The number of hydrogen-bond acceptors (Lipinski definition) is 10. The highest BCUT2D eigenvalue weighted by Gasteiger charge is 2.44. The average Bonchev–Trinajstić information content (AvgIpc) is 2.84. The van der Waals surface area contributed by atoms with Crippen molar-refractivity contribution < 1.29 is 48.0 Å². The van der Waals surface area contributed by atoms with Crippen LogP contribution in [0.1, 0.15) is 86.6 Å². The van der Waals surface area contributed by atoms with Gasteiger partial charge in [-0.1, -0.05) is 54.5 Å². The molecule has 1 rings (SSSR count). The van der Waals surface area contributed by atoms with Gasteiger partial charge in [-0.3, -0.25) is 10.1 Å². The molecule has 0 spiro atoms. The summed E-state index contributed by atoms with van der Waals surface area (Å²) in [6.45, 7) is 15.5. The monoisotopic (exact) mass is 581 g/mol. The van der Waals surface area contributed by atoms with Crippen LogP contribution in [0.15, 0.2) is 18.2 Å². The molecule has 0 aliphatic heterocycles. The molecular weight excluding hydrogens is 534 g/mol. The van der Waals surface area contributed by atoms with Gasteiger partial charge in [0.2, 0.25) is 0 Å². The van der Waals surface area contributed by atoms with Gasteiger partial charge < -0.3 is 28.8 Å². The maximum atomic E-state index is 12.6. The van der Waals surface area contributed by atoms with Crippen molar-refractivity contribution >= 4 is 24.2 Å². The van der Waals surface area contributed by atoms with Crippen LogP contribution >= 0.6 is 0 Å². The van der Waals surface area contributed by atoms with Gasteiger partial charge in [0, 0.05) is 18.9 Å². The van der Waals surface area contributed by atoms with E-state index in [2.05, 4.69) is 5.32 Å². The molecule has 0 bridgehead atoms. The maximum absolute atomic E-state index is 12.6. The van der Waals surface area contributed by atoms with Crippen molar-refractivity contribution in [2.75, 3.05) is 13.2 Å². The maximum Gasteiger partial charge on any atom is 0.513 e. The number of ether oxygens (including phenoxy) is 5. The van der Waals surface area contributed by atoms with E-state index in [9.17, 15) is 24.3 Å². The van der Waals surface area contributed by atoms with E-state index in [-0.39, 0.29) is 49.5 Å². The lowest BCUT2D eigenvalue weighted by atomic mass is 10.00. The number of hydrogen-bond donors (Lipinski definition) is 2. The predicted octanol–water partition coefficient (Wildman–Crippen LogP) is 6.11. The number of benzene rings is 1. The Kier molecular flexibility index (Phi) is 15.2. The fraction of sp³-hybridized carbons (Fsp3) is 0.667. The highest BCUT2D eigenvalue weighted by Crippen LogP contribution is 2.32. The van der Waals surface area contributed by atoms with Gasteiger partial charge in [0.05, 0.1) is 13.2 Å². The minimum atomic E-state index is -2.10. The highest BCUT2D eigenvalue weighted by atomic mass is 16.7. The quantitative estimate of drug-likeness (QED) is 0.0950. The summed E-state index contributed by atoms with van der Waals surface area (Å²) in [5.74, 6) is -1.81. The van der Waals surface area contributed by atoms with Crippen LogP contribution < -0.4 is 14.8 Å². The molecule has 0 aromatic heterocycles. The second kappa shape index (κ2) is 17.5. The first-order valence-electron chi connectivity index (χ1n) is 14.2. The van der Waals surface area contributed by atoms with Crippen molar-refractivity contribution in [3.8, 4) is 11.5 Å². The molecule has 232 valence electrons. The number of carbonyl (C=O) groups is 4. The van der Waals surface area contributed by atoms with Crippen LogP contribution in [0.25, 0.3) is 0 Å². The fourth-order valence-electron chi connectivity index (χ4n) is 3.48. The molecule has 0 fully saturated rings. The van der Waals surface area contributed by atoms with Crippen LogP contribution in [0, 0.1) is 17.8 Å². The van der Waals surface area contributed by atoms with Gasteiger partial charge in [-0.25, -0.2) is 14.4 Å². The zero-order chi connectivity index (χ0) is 31.2. The van der Waals surface area contributed by atoms with Gasteiger partial charge in [0.15, 0.2) is 11.5 Å². The lowest BCUT2D eigenvalue weighted by Gasteiger charge is -2.33. The molecular formula is C30H47NO10. The molecule has 0 amide bonds. The second-order valence-corrected chi connectivity index (χ2v) is 11.4. The lowest BCUT2D eigenvalue weighted by Crippen LogP contribution is -2.59. The van der Waals surface area contributed by atoms with Crippen molar-refractivity contribution in [3.63, 3.8) is 0 Å². The standard InChI is InChI=1S/C30H47NO10/c1-9-22(8)31-30(27(33)34,41-26(32)16-21(6)7)18-23-10-11-24(39-28(35)37-14-12-19(2)3)25(17-23)40-29(36)38-15-13-20(4)5/h10-11,17,19-22,31H,9,12-16,18H2,1-8H3,(H,33,34)/t22?,30-/m0/s1. The SMILES string of the molecule is CCC(C)N[C@@](Cc1ccc(OC(=O)OCCC(C)C)c(OC(=O)OCCC(C)C)c1)(OC(=O)CC(C)C)C(=O)O. The normalized spacial score (nSPS) is 13.4. The number of carboxylic acid groups (broad SMARTS) is 1. The van der Waals surface area contributed by atoms with Crippen LogP contribution in [-0.2, 0) is 30.2 Å². The summed E-state index contributed by atoms with van der Waals surface area (Å²) in [6.07, 6.45) is -0.475. The first-order chi connectivity index (χ1) is 19.2. The van der Waals surface area contributed by atoms with Crippen LogP contribution in [0.5, 0.6) is 11.5 Å². The minimum Gasteiger partial charge on any atom is -0.477 e. The second-order valence-electron chi connectivity index (χ2n) is 11.4. The number of esters is 1. The van der Waals surface area contributed by atoms with E-state index >= 15 is 0 Å². The van der Waals surface area contributed by atoms with E-state index in [1.54, 1.807) is 6.92 Å². The average molecular weight is 582 g/mol. The minimum absolute atomic E-state index is 0.0273. The summed E-state index contributed by atoms with van der Waals surface area (Å²) in [7, 11) is 0. The van der Waals surface area contributed by atoms with Crippen molar-refractivity contribution in [1.82, 2.24) is 5.32 Å². The Labute approximate surface area is 243 Å². The van der Waals surface area contributed by atoms with Crippen molar-refractivity contribution in [2.24, 2.45) is 17.8 Å². The Morgan fingerprint density at radius 2 is 1.37 bits per heavy atom. The van der Waals surface area contributed by atoms with Crippen molar-refractivity contribution in [3.05, 3.63) is 23.8 Å². The van der Waals surface area contributed by atoms with Crippen molar-refractivity contribution in [1.29, 1.82) is 0 Å². The highest BCUT2D eigenvalue weighted by molar-refractivity contribution is 5.82. The molecule has 0 aliphatic rings. The van der Waals surface area contributed by atoms with Crippen LogP contribution in [0.2, 0.25) is 0 Å². The number of nitrogens with one attached hydrogen (secondary N) is 1. The first kappa shape index (κ1) is 35.7. The number of aliphatic carboxylic acids is 1. The summed E-state index contributed by atoms with van der Waals surface area (Å²) in [4.78, 5) is 49.9. The van der Waals surface area contributed by atoms with Gasteiger partial charge in [-0.05, 0) is 61.6 Å². The van der Waals surface area contributed by atoms with E-state index in [4.69, 9.17) is 23.7 Å². The van der Waals surface area contributed by atoms with E-state index in [1.807, 2.05) is 48.5 Å². The van der Waals surface area contributed by atoms with Gasteiger partial charge >= 0.3 is 24.2 Å². The first-order valence-corrected chi connectivity index (χ1v) is 14.2. The largest absolute Gasteiger partial charge is 0.513 e. The molecule has 1 aromatic carbocycles. The van der Waals surface area contributed by atoms with E-state index in [1.165, 1.54) is 18.2 Å². The van der Waals surface area contributed by atoms with Gasteiger partial charge in [0.1, 0.15) is 0 Å². The third-order valence-corrected chi connectivity index (χ3v) is 5.98. The fourth-order valence-corrected chi connectivity index (χ4v) is 3.48. The van der Waals surface area contributed by atoms with Crippen LogP contribution in [0.3, 0.4) is 0 Å². The van der Waals surface area contributed by atoms with E-state index < -0.39 is 30.0 Å². The predicted molar refractivity (Wildman–Crippen MR) is 152 cm³/mol.